The fourth-order valence-corrected chi connectivity index (χ4v) is 3.78. The molecule has 0 amide bonds. The first-order valence-electron chi connectivity index (χ1n) is 7.80. The molecular weight excluding hydrogens is 232 g/mol. The summed E-state index contributed by atoms with van der Waals surface area (Å²) in [5.74, 6) is 0.888. The monoisotopic (exact) mass is 258 g/mol. The van der Waals surface area contributed by atoms with Gasteiger partial charge in [0.05, 0.1) is 0 Å². The van der Waals surface area contributed by atoms with Crippen molar-refractivity contribution in [1.82, 2.24) is 5.32 Å². The zero-order valence-electron chi connectivity index (χ0n) is 12.3. The number of hydrogen-bond donors (Lipinski definition) is 1. The van der Waals surface area contributed by atoms with Crippen molar-refractivity contribution in [3.05, 3.63) is 29.3 Å². The van der Waals surface area contributed by atoms with Gasteiger partial charge >= 0.3 is 0 Å². The molecule has 1 aliphatic carbocycles. The van der Waals surface area contributed by atoms with E-state index in [2.05, 4.69) is 42.4 Å². The number of fused-ring (bicyclic) bond motifs is 1. The second kappa shape index (κ2) is 5.54. The van der Waals surface area contributed by atoms with E-state index in [1.165, 1.54) is 43.4 Å². The van der Waals surface area contributed by atoms with E-state index in [1.807, 2.05) is 0 Å². The summed E-state index contributed by atoms with van der Waals surface area (Å²) in [6.45, 7) is 4.57. The van der Waals surface area contributed by atoms with Crippen molar-refractivity contribution in [2.24, 2.45) is 5.92 Å². The molecule has 0 spiro atoms. The average molecular weight is 258 g/mol. The molecule has 1 fully saturated rings. The van der Waals surface area contributed by atoms with Crippen LogP contribution in [0.15, 0.2) is 18.2 Å². The minimum Gasteiger partial charge on any atom is -0.371 e. The highest BCUT2D eigenvalue weighted by Gasteiger charge is 2.24. The van der Waals surface area contributed by atoms with Gasteiger partial charge in [0, 0.05) is 25.3 Å². The van der Waals surface area contributed by atoms with Crippen molar-refractivity contribution in [2.45, 2.75) is 51.6 Å². The third kappa shape index (κ3) is 2.64. The van der Waals surface area contributed by atoms with E-state index in [1.54, 1.807) is 5.56 Å². The molecule has 2 nitrogen and oxygen atoms in total. The van der Waals surface area contributed by atoms with Crippen LogP contribution in [-0.4, -0.2) is 19.6 Å². The minimum absolute atomic E-state index is 0.733. The van der Waals surface area contributed by atoms with E-state index >= 15 is 0 Å². The Bertz CT molecular complexity index is 441. The van der Waals surface area contributed by atoms with Gasteiger partial charge in [-0.3, -0.25) is 0 Å². The molecule has 0 radical (unpaired) electrons. The number of nitrogens with one attached hydrogen (secondary N) is 1. The Kier molecular flexibility index (Phi) is 3.79. The van der Waals surface area contributed by atoms with Crippen molar-refractivity contribution in [3.63, 3.8) is 0 Å². The van der Waals surface area contributed by atoms with Gasteiger partial charge < -0.3 is 10.2 Å². The Balaban J connectivity index is 1.84. The fraction of sp³-hybridized carbons (Fsp3) is 0.647. The fourth-order valence-electron chi connectivity index (χ4n) is 3.78. The van der Waals surface area contributed by atoms with E-state index in [9.17, 15) is 0 Å². The van der Waals surface area contributed by atoms with Gasteiger partial charge in [0.15, 0.2) is 0 Å². The molecule has 3 rings (SSSR count). The maximum Gasteiger partial charge on any atom is 0.0414 e. The van der Waals surface area contributed by atoms with Gasteiger partial charge in [-0.2, -0.15) is 0 Å². The SMILES string of the molecule is CC1CCCC(N(C)c2cccc3c2CNCC3)C1. The number of rotatable bonds is 2. The number of anilines is 1. The van der Waals surface area contributed by atoms with Gasteiger partial charge in [0.1, 0.15) is 0 Å². The topological polar surface area (TPSA) is 15.3 Å². The van der Waals surface area contributed by atoms with Crippen molar-refractivity contribution >= 4 is 5.69 Å². The number of nitrogens with zero attached hydrogens (tertiary/aromatic N) is 1. The molecule has 1 aliphatic heterocycles. The van der Waals surface area contributed by atoms with Gasteiger partial charge in [-0.05, 0) is 48.9 Å². The van der Waals surface area contributed by atoms with Crippen LogP contribution in [0, 0.1) is 5.92 Å². The van der Waals surface area contributed by atoms with E-state index in [4.69, 9.17) is 0 Å². The molecule has 0 aromatic heterocycles. The molecule has 2 atom stereocenters. The van der Waals surface area contributed by atoms with Gasteiger partial charge in [0.2, 0.25) is 0 Å². The van der Waals surface area contributed by atoms with Crippen molar-refractivity contribution in [3.8, 4) is 0 Å². The van der Waals surface area contributed by atoms with Gasteiger partial charge in [0.25, 0.3) is 0 Å². The second-order valence-electron chi connectivity index (χ2n) is 6.38. The first kappa shape index (κ1) is 13.0. The summed E-state index contributed by atoms with van der Waals surface area (Å²) in [4.78, 5) is 2.56. The maximum atomic E-state index is 3.52. The maximum absolute atomic E-state index is 3.52. The normalized spacial score (nSPS) is 26.8. The average Bonchev–Trinajstić information content (AvgIpc) is 2.46. The van der Waals surface area contributed by atoms with E-state index < -0.39 is 0 Å². The Morgan fingerprint density at radius 1 is 1.26 bits per heavy atom. The first-order chi connectivity index (χ1) is 9.25. The largest absolute Gasteiger partial charge is 0.371 e. The molecular formula is C17H26N2. The molecule has 2 heteroatoms. The predicted molar refractivity (Wildman–Crippen MR) is 81.7 cm³/mol. The van der Waals surface area contributed by atoms with Crippen LogP contribution in [-0.2, 0) is 13.0 Å². The lowest BCUT2D eigenvalue weighted by molar-refractivity contribution is 0.336. The lowest BCUT2D eigenvalue weighted by Crippen LogP contribution is -2.37. The molecule has 1 heterocycles. The third-order valence-corrected chi connectivity index (χ3v) is 4.96. The Morgan fingerprint density at radius 3 is 3.00 bits per heavy atom. The van der Waals surface area contributed by atoms with E-state index in [-0.39, 0.29) is 0 Å². The summed E-state index contributed by atoms with van der Waals surface area (Å²) in [6, 6.07) is 7.59. The number of benzene rings is 1. The van der Waals surface area contributed by atoms with Crippen molar-refractivity contribution in [1.29, 1.82) is 0 Å². The third-order valence-electron chi connectivity index (χ3n) is 4.96. The van der Waals surface area contributed by atoms with Gasteiger partial charge in [-0.1, -0.05) is 31.9 Å². The highest BCUT2D eigenvalue weighted by molar-refractivity contribution is 5.57. The lowest BCUT2D eigenvalue weighted by Gasteiger charge is -2.37. The van der Waals surface area contributed by atoms with Crippen LogP contribution >= 0.6 is 0 Å². The summed E-state index contributed by atoms with van der Waals surface area (Å²) < 4.78 is 0. The second-order valence-corrected chi connectivity index (χ2v) is 6.38. The Morgan fingerprint density at radius 2 is 2.16 bits per heavy atom. The molecule has 1 saturated carbocycles. The first-order valence-corrected chi connectivity index (χ1v) is 7.80. The summed E-state index contributed by atoms with van der Waals surface area (Å²) in [5.41, 5.74) is 4.55. The smallest absolute Gasteiger partial charge is 0.0414 e. The highest BCUT2D eigenvalue weighted by Crippen LogP contribution is 2.33. The molecule has 1 aromatic rings. The minimum atomic E-state index is 0.733. The zero-order chi connectivity index (χ0) is 13.2. The summed E-state index contributed by atoms with van der Waals surface area (Å²) >= 11 is 0. The van der Waals surface area contributed by atoms with Crippen LogP contribution in [0.4, 0.5) is 5.69 Å². The molecule has 19 heavy (non-hydrogen) atoms. The van der Waals surface area contributed by atoms with Crippen LogP contribution in [0.3, 0.4) is 0 Å². The zero-order valence-corrected chi connectivity index (χ0v) is 12.3. The number of hydrogen-bond acceptors (Lipinski definition) is 2. The standard InChI is InChI=1S/C17H26N2/c1-13-5-3-7-15(11-13)19(2)17-8-4-6-14-9-10-18-12-16(14)17/h4,6,8,13,15,18H,3,5,7,9-12H2,1-2H3. The molecule has 2 aliphatic rings. The summed E-state index contributed by atoms with van der Waals surface area (Å²) in [6.07, 6.45) is 6.70. The van der Waals surface area contributed by atoms with Crippen LogP contribution < -0.4 is 10.2 Å². The van der Waals surface area contributed by atoms with Gasteiger partial charge in [-0.25, -0.2) is 0 Å². The molecule has 2 unspecified atom stereocenters. The van der Waals surface area contributed by atoms with Crippen LogP contribution in [0.2, 0.25) is 0 Å². The van der Waals surface area contributed by atoms with E-state index in [0.717, 1.165) is 25.0 Å². The predicted octanol–water partition coefficient (Wildman–Crippen LogP) is 3.35. The lowest BCUT2D eigenvalue weighted by atomic mass is 9.86. The van der Waals surface area contributed by atoms with Gasteiger partial charge in [-0.15, -0.1) is 0 Å². The molecule has 1 N–H and O–H groups in total. The van der Waals surface area contributed by atoms with E-state index in [0.29, 0.717) is 0 Å². The summed E-state index contributed by atoms with van der Waals surface area (Å²) in [7, 11) is 2.30. The van der Waals surface area contributed by atoms with Crippen LogP contribution in [0.5, 0.6) is 0 Å². The highest BCUT2D eigenvalue weighted by atomic mass is 15.1. The van der Waals surface area contributed by atoms with Crippen molar-refractivity contribution < 1.29 is 0 Å². The molecule has 0 bridgehead atoms. The molecule has 0 saturated heterocycles. The van der Waals surface area contributed by atoms with Crippen LogP contribution in [0.1, 0.15) is 43.7 Å². The summed E-state index contributed by atoms with van der Waals surface area (Å²) in [5, 5.41) is 3.52. The Labute approximate surface area is 117 Å². The molecule has 104 valence electrons. The molecule has 1 aromatic carbocycles. The van der Waals surface area contributed by atoms with Crippen LogP contribution in [0.25, 0.3) is 0 Å². The van der Waals surface area contributed by atoms with Crippen molar-refractivity contribution in [2.75, 3.05) is 18.5 Å². The Hall–Kier alpha value is -1.02. The quantitative estimate of drug-likeness (QED) is 0.875.